The lowest BCUT2D eigenvalue weighted by atomic mass is 9.83. The first-order valence-electron chi connectivity index (χ1n) is 9.14. The number of esters is 2. The Morgan fingerprint density at radius 2 is 1.68 bits per heavy atom. The van der Waals surface area contributed by atoms with Crippen LogP contribution < -0.4 is 0 Å². The summed E-state index contributed by atoms with van der Waals surface area (Å²) in [4.78, 5) is 24.2. The van der Waals surface area contributed by atoms with Gasteiger partial charge in [-0.15, -0.1) is 0 Å². The van der Waals surface area contributed by atoms with E-state index < -0.39 is 76.4 Å². The minimum atomic E-state index is -6.54. The van der Waals surface area contributed by atoms with E-state index in [4.69, 9.17) is 9.47 Å². The zero-order valence-corrected chi connectivity index (χ0v) is 16.8. The highest BCUT2D eigenvalue weighted by atomic mass is 35.5. The standard InChI is InChI=1S/C18H17ClF8O4/c1-14(2)6-30-13(29)11(14)31-12(28)9-4-8-3-7(9)5-10(8)15(20,21)16(22,23)17(24,25)18(19,26)27/h5,7-9,11H,3-4,6H2,1-2H3/t7-,8-,9-,11-/m0/s1. The van der Waals surface area contributed by atoms with Gasteiger partial charge in [-0.1, -0.05) is 19.9 Å². The number of carbonyl (C=O) groups excluding carboxylic acids is 2. The highest BCUT2D eigenvalue weighted by Gasteiger charge is 2.81. The molecule has 3 rings (SSSR count). The van der Waals surface area contributed by atoms with Gasteiger partial charge in [0.25, 0.3) is 0 Å². The summed E-state index contributed by atoms with van der Waals surface area (Å²) in [5.41, 5.74) is -2.30. The first-order valence-corrected chi connectivity index (χ1v) is 9.52. The van der Waals surface area contributed by atoms with Crippen LogP contribution >= 0.6 is 11.6 Å². The topological polar surface area (TPSA) is 52.6 Å². The van der Waals surface area contributed by atoms with Crippen molar-refractivity contribution in [3.8, 4) is 0 Å². The maximum absolute atomic E-state index is 14.3. The second-order valence-electron chi connectivity index (χ2n) is 8.69. The fourth-order valence-corrected chi connectivity index (χ4v) is 4.32. The number of ether oxygens (including phenoxy) is 2. The third kappa shape index (κ3) is 3.48. The average Bonchev–Trinajstić information content (AvgIpc) is 3.29. The summed E-state index contributed by atoms with van der Waals surface area (Å²) >= 11 is 3.97. The van der Waals surface area contributed by atoms with Crippen molar-refractivity contribution in [2.45, 2.75) is 55.9 Å². The van der Waals surface area contributed by atoms with Crippen molar-refractivity contribution < 1.29 is 54.2 Å². The molecule has 4 nitrogen and oxygen atoms in total. The van der Waals surface area contributed by atoms with Crippen LogP contribution in [-0.2, 0) is 19.1 Å². The van der Waals surface area contributed by atoms with Gasteiger partial charge in [0.15, 0.2) is 0 Å². The van der Waals surface area contributed by atoms with Gasteiger partial charge in [0.05, 0.1) is 5.92 Å². The molecular formula is C18H17ClF8O4. The molecule has 2 fully saturated rings. The van der Waals surface area contributed by atoms with Gasteiger partial charge in [-0.3, -0.25) is 4.79 Å². The number of alkyl halides is 9. The Hall–Kier alpha value is -1.59. The second-order valence-corrected chi connectivity index (χ2v) is 9.17. The number of hydrogen-bond acceptors (Lipinski definition) is 4. The number of rotatable bonds is 6. The van der Waals surface area contributed by atoms with E-state index in [0.29, 0.717) is 6.08 Å². The van der Waals surface area contributed by atoms with Gasteiger partial charge >= 0.3 is 35.1 Å². The number of fused-ring (bicyclic) bond motifs is 2. The molecule has 0 aromatic rings. The van der Waals surface area contributed by atoms with Gasteiger partial charge in [0.1, 0.15) is 6.61 Å². The van der Waals surface area contributed by atoms with Gasteiger partial charge in [-0.05, 0) is 36.3 Å². The van der Waals surface area contributed by atoms with E-state index in [1.165, 1.54) is 0 Å². The van der Waals surface area contributed by atoms with E-state index in [1.54, 1.807) is 13.8 Å². The number of cyclic esters (lactones) is 1. The predicted molar refractivity (Wildman–Crippen MR) is 88.0 cm³/mol. The molecule has 1 saturated heterocycles. The maximum atomic E-state index is 14.3. The van der Waals surface area contributed by atoms with Crippen LogP contribution in [0.5, 0.6) is 0 Å². The molecule has 1 heterocycles. The molecule has 0 spiro atoms. The van der Waals surface area contributed by atoms with E-state index in [9.17, 15) is 44.7 Å². The summed E-state index contributed by atoms with van der Waals surface area (Å²) in [6.07, 6.45) is -1.44. The molecular weight excluding hydrogens is 468 g/mol. The lowest BCUT2D eigenvalue weighted by molar-refractivity contribution is -0.339. The molecule has 31 heavy (non-hydrogen) atoms. The fourth-order valence-electron chi connectivity index (χ4n) is 4.20. The molecule has 0 N–H and O–H groups in total. The van der Waals surface area contributed by atoms with Crippen molar-refractivity contribution in [1.82, 2.24) is 0 Å². The molecule has 0 radical (unpaired) electrons. The third-order valence-electron chi connectivity index (χ3n) is 6.00. The Labute approximate surface area is 175 Å². The number of halogens is 9. The quantitative estimate of drug-likeness (QED) is 0.235. The van der Waals surface area contributed by atoms with Crippen LogP contribution in [0.15, 0.2) is 11.6 Å². The van der Waals surface area contributed by atoms with Crippen molar-refractivity contribution >= 4 is 23.5 Å². The lowest BCUT2D eigenvalue weighted by Gasteiger charge is -2.37. The summed E-state index contributed by atoms with van der Waals surface area (Å²) in [5, 5.41) is -5.92. The summed E-state index contributed by atoms with van der Waals surface area (Å²) in [5.74, 6) is -24.0. The van der Waals surface area contributed by atoms with Crippen molar-refractivity contribution in [1.29, 1.82) is 0 Å². The minimum Gasteiger partial charge on any atom is -0.462 e. The van der Waals surface area contributed by atoms with Crippen LogP contribution in [0, 0.1) is 23.2 Å². The van der Waals surface area contributed by atoms with Crippen molar-refractivity contribution in [2.75, 3.05) is 6.61 Å². The van der Waals surface area contributed by atoms with Crippen molar-refractivity contribution in [2.24, 2.45) is 23.2 Å². The normalized spacial score (nSPS) is 30.9. The van der Waals surface area contributed by atoms with E-state index >= 15 is 0 Å². The van der Waals surface area contributed by atoms with Gasteiger partial charge in [-0.2, -0.15) is 35.1 Å². The zero-order chi connectivity index (χ0) is 23.8. The average molecular weight is 485 g/mol. The SMILES string of the molecule is CC1(C)COC(=O)[C@@H]1OC(=O)[C@H]1C[C@@H]2C[C@H]1C=C2C(F)(F)C(F)(F)C(F)(F)C(F)(F)Cl. The number of carbonyl (C=O) groups is 2. The predicted octanol–water partition coefficient (Wildman–Crippen LogP) is 4.80. The Morgan fingerprint density at radius 3 is 2.10 bits per heavy atom. The molecule has 3 aliphatic rings. The monoisotopic (exact) mass is 484 g/mol. The molecule has 0 amide bonds. The highest BCUT2D eigenvalue weighted by molar-refractivity contribution is 6.22. The minimum absolute atomic E-state index is 0.0225. The van der Waals surface area contributed by atoms with Gasteiger partial charge in [-0.25, -0.2) is 4.79 Å². The number of allylic oxidation sites excluding steroid dienone is 2. The van der Waals surface area contributed by atoms with Crippen LogP contribution in [0.3, 0.4) is 0 Å². The summed E-state index contributed by atoms with van der Waals surface area (Å²) in [7, 11) is 0. The Bertz CT molecular complexity index is 820. The van der Waals surface area contributed by atoms with Crippen LogP contribution in [0.4, 0.5) is 35.1 Å². The Kier molecular flexibility index (Phi) is 5.40. The molecule has 4 atom stereocenters. The third-order valence-corrected chi connectivity index (χ3v) is 6.24. The Balaban J connectivity index is 1.80. The lowest BCUT2D eigenvalue weighted by Crippen LogP contribution is -2.61. The van der Waals surface area contributed by atoms with Crippen molar-refractivity contribution in [3.63, 3.8) is 0 Å². The largest absolute Gasteiger partial charge is 0.462 e. The summed E-state index contributed by atoms with van der Waals surface area (Å²) in [6.45, 7) is 3.15. The second kappa shape index (κ2) is 6.95. The molecule has 2 aliphatic carbocycles. The van der Waals surface area contributed by atoms with Crippen molar-refractivity contribution in [3.05, 3.63) is 11.6 Å². The van der Waals surface area contributed by atoms with Gasteiger partial charge < -0.3 is 9.47 Å². The first kappa shape index (κ1) is 24.1. The summed E-state index contributed by atoms with van der Waals surface area (Å²) in [6, 6.07) is 0. The fraction of sp³-hybridized carbons (Fsp3) is 0.778. The zero-order valence-electron chi connectivity index (χ0n) is 16.0. The van der Waals surface area contributed by atoms with E-state index in [0.717, 1.165) is 0 Å². The molecule has 0 aromatic heterocycles. The van der Waals surface area contributed by atoms with Crippen LogP contribution in [0.1, 0.15) is 26.7 Å². The Morgan fingerprint density at radius 1 is 1.10 bits per heavy atom. The van der Waals surface area contributed by atoms with Gasteiger partial charge in [0.2, 0.25) is 6.10 Å². The maximum Gasteiger partial charge on any atom is 0.393 e. The first-order chi connectivity index (χ1) is 13.8. The molecule has 13 heteroatoms. The van der Waals surface area contributed by atoms with E-state index in [1.807, 2.05) is 0 Å². The molecule has 2 bridgehead atoms. The molecule has 176 valence electrons. The molecule has 0 aromatic carbocycles. The highest BCUT2D eigenvalue weighted by Crippen LogP contribution is 2.61. The van der Waals surface area contributed by atoms with Gasteiger partial charge in [0, 0.05) is 11.0 Å². The molecule has 1 saturated carbocycles. The van der Waals surface area contributed by atoms with Crippen LogP contribution in [-0.4, -0.2) is 47.8 Å². The summed E-state index contributed by atoms with van der Waals surface area (Å²) < 4.78 is 119. The smallest absolute Gasteiger partial charge is 0.393 e. The van der Waals surface area contributed by atoms with Crippen LogP contribution in [0.25, 0.3) is 0 Å². The van der Waals surface area contributed by atoms with E-state index in [2.05, 4.69) is 11.6 Å². The molecule has 1 aliphatic heterocycles. The van der Waals surface area contributed by atoms with Crippen LogP contribution in [0.2, 0.25) is 0 Å². The van der Waals surface area contributed by atoms with E-state index in [-0.39, 0.29) is 13.0 Å². The molecule has 0 unspecified atom stereocenters. The number of hydrogen-bond donors (Lipinski definition) is 0.